The molecule has 1 aliphatic heterocycles. The summed E-state index contributed by atoms with van der Waals surface area (Å²) in [5.41, 5.74) is 0.869. The SMILES string of the molecule is O=C(NCC[C@H](O)C(=O)N1CCCC(F)C1)OCc1ccccc1. The Bertz CT molecular complexity index is 541. The standard InChI is InChI=1S/C17H23FN2O4/c18-14-7-4-10-20(11-14)16(22)15(21)8-9-19-17(23)24-12-13-5-2-1-3-6-13/h1-3,5-6,14-15,21H,4,7-12H2,(H,19,23)/t14?,15-/m0/s1. The van der Waals surface area contributed by atoms with Gasteiger partial charge in [0.15, 0.2) is 0 Å². The summed E-state index contributed by atoms with van der Waals surface area (Å²) in [6, 6.07) is 9.25. The maximum atomic E-state index is 13.3. The molecule has 2 atom stereocenters. The molecule has 2 rings (SSSR count). The van der Waals surface area contributed by atoms with E-state index in [1.807, 2.05) is 30.3 Å². The molecule has 0 radical (unpaired) electrons. The number of amides is 2. The zero-order valence-corrected chi connectivity index (χ0v) is 13.5. The van der Waals surface area contributed by atoms with Gasteiger partial charge < -0.3 is 20.1 Å². The zero-order chi connectivity index (χ0) is 17.4. The minimum Gasteiger partial charge on any atom is -0.445 e. The number of carbonyl (C=O) groups is 2. The molecule has 0 aliphatic carbocycles. The fourth-order valence-corrected chi connectivity index (χ4v) is 2.54. The van der Waals surface area contributed by atoms with Gasteiger partial charge in [0.05, 0.1) is 6.54 Å². The molecule has 0 spiro atoms. The van der Waals surface area contributed by atoms with Crippen LogP contribution < -0.4 is 5.32 Å². The van der Waals surface area contributed by atoms with E-state index in [1.54, 1.807) is 0 Å². The van der Waals surface area contributed by atoms with Gasteiger partial charge in [-0.05, 0) is 24.8 Å². The van der Waals surface area contributed by atoms with E-state index in [0.29, 0.717) is 19.4 Å². The highest BCUT2D eigenvalue weighted by Crippen LogP contribution is 2.14. The summed E-state index contributed by atoms with van der Waals surface area (Å²) in [6.07, 6.45) is -1.77. The third-order valence-electron chi connectivity index (χ3n) is 3.86. The van der Waals surface area contributed by atoms with Crippen molar-refractivity contribution in [3.05, 3.63) is 35.9 Å². The van der Waals surface area contributed by atoms with Crippen LogP contribution in [-0.4, -0.2) is 53.9 Å². The number of aliphatic hydroxyl groups excluding tert-OH is 1. The number of halogens is 1. The lowest BCUT2D eigenvalue weighted by molar-refractivity contribution is -0.142. The Labute approximate surface area is 140 Å². The Morgan fingerprint density at radius 1 is 1.38 bits per heavy atom. The third kappa shape index (κ3) is 5.81. The highest BCUT2D eigenvalue weighted by molar-refractivity contribution is 5.80. The smallest absolute Gasteiger partial charge is 0.407 e. The van der Waals surface area contributed by atoms with Gasteiger partial charge >= 0.3 is 6.09 Å². The number of alkyl carbamates (subject to hydrolysis) is 1. The van der Waals surface area contributed by atoms with Gasteiger partial charge in [-0.3, -0.25) is 4.79 Å². The Kier molecular flexibility index (Phi) is 6.99. The number of nitrogens with zero attached hydrogens (tertiary/aromatic N) is 1. The largest absolute Gasteiger partial charge is 0.445 e. The fraction of sp³-hybridized carbons (Fsp3) is 0.529. The van der Waals surface area contributed by atoms with Crippen LogP contribution >= 0.6 is 0 Å². The van der Waals surface area contributed by atoms with Crippen LogP contribution in [0, 0.1) is 0 Å². The summed E-state index contributed by atoms with van der Waals surface area (Å²) < 4.78 is 18.3. The molecule has 0 bridgehead atoms. The Morgan fingerprint density at radius 2 is 2.12 bits per heavy atom. The van der Waals surface area contributed by atoms with Crippen molar-refractivity contribution in [3.63, 3.8) is 0 Å². The monoisotopic (exact) mass is 338 g/mol. The first-order valence-corrected chi connectivity index (χ1v) is 8.11. The second-order valence-corrected chi connectivity index (χ2v) is 5.82. The molecule has 1 fully saturated rings. The predicted octanol–water partition coefficient (Wildman–Crippen LogP) is 1.62. The number of nitrogens with one attached hydrogen (secondary N) is 1. The Balaban J connectivity index is 1.63. The van der Waals surface area contributed by atoms with Gasteiger partial charge in [0, 0.05) is 13.1 Å². The lowest BCUT2D eigenvalue weighted by Gasteiger charge is -2.30. The van der Waals surface area contributed by atoms with Crippen molar-refractivity contribution in [2.45, 2.75) is 38.1 Å². The van der Waals surface area contributed by atoms with Gasteiger partial charge in [0.25, 0.3) is 5.91 Å². The molecule has 0 aromatic heterocycles. The predicted molar refractivity (Wildman–Crippen MR) is 86.0 cm³/mol. The number of benzene rings is 1. The minimum absolute atomic E-state index is 0.0302. The second kappa shape index (κ2) is 9.22. The number of aliphatic hydroxyl groups is 1. The molecular weight excluding hydrogens is 315 g/mol. The van der Waals surface area contributed by atoms with Crippen molar-refractivity contribution < 1.29 is 23.8 Å². The van der Waals surface area contributed by atoms with Crippen molar-refractivity contribution in [1.29, 1.82) is 0 Å². The maximum absolute atomic E-state index is 13.3. The van der Waals surface area contributed by atoms with Gasteiger partial charge in [-0.15, -0.1) is 0 Å². The summed E-state index contributed by atoms with van der Waals surface area (Å²) in [5.74, 6) is -0.489. The average molecular weight is 338 g/mol. The molecule has 1 heterocycles. The first kappa shape index (κ1) is 18.2. The minimum atomic E-state index is -1.25. The number of hydrogen-bond donors (Lipinski definition) is 2. The van der Waals surface area contributed by atoms with E-state index < -0.39 is 24.3 Å². The number of likely N-dealkylation sites (tertiary alicyclic amines) is 1. The second-order valence-electron chi connectivity index (χ2n) is 5.82. The van der Waals surface area contributed by atoms with E-state index >= 15 is 0 Å². The molecule has 1 unspecified atom stereocenters. The summed E-state index contributed by atoms with van der Waals surface area (Å²) >= 11 is 0. The molecule has 0 saturated carbocycles. The van der Waals surface area contributed by atoms with Crippen molar-refractivity contribution in [3.8, 4) is 0 Å². The van der Waals surface area contributed by atoms with Gasteiger partial charge in [0.2, 0.25) is 0 Å². The lowest BCUT2D eigenvalue weighted by Crippen LogP contribution is -2.46. The van der Waals surface area contributed by atoms with Crippen molar-refractivity contribution in [2.24, 2.45) is 0 Å². The number of rotatable bonds is 6. The average Bonchev–Trinajstić information content (AvgIpc) is 2.60. The van der Waals surface area contributed by atoms with Gasteiger partial charge in [0.1, 0.15) is 18.9 Å². The molecular formula is C17H23FN2O4. The topological polar surface area (TPSA) is 78.9 Å². The van der Waals surface area contributed by atoms with Gasteiger partial charge in [-0.2, -0.15) is 0 Å². The van der Waals surface area contributed by atoms with E-state index in [9.17, 15) is 19.1 Å². The molecule has 1 saturated heterocycles. The van der Waals surface area contributed by atoms with Crippen LogP contribution in [0.3, 0.4) is 0 Å². The van der Waals surface area contributed by atoms with E-state index in [-0.39, 0.29) is 26.1 Å². The molecule has 1 aromatic carbocycles. The molecule has 7 heteroatoms. The Hall–Kier alpha value is -2.15. The van der Waals surface area contributed by atoms with Gasteiger partial charge in [-0.1, -0.05) is 30.3 Å². The number of hydrogen-bond acceptors (Lipinski definition) is 4. The van der Waals surface area contributed by atoms with Crippen LogP contribution in [0.4, 0.5) is 9.18 Å². The van der Waals surface area contributed by atoms with Crippen LogP contribution in [-0.2, 0) is 16.1 Å². The van der Waals surface area contributed by atoms with Gasteiger partial charge in [-0.25, -0.2) is 9.18 Å². The highest BCUT2D eigenvalue weighted by Gasteiger charge is 2.27. The van der Waals surface area contributed by atoms with Crippen molar-refractivity contribution in [2.75, 3.05) is 19.6 Å². The van der Waals surface area contributed by atoms with Crippen LogP contribution in [0.25, 0.3) is 0 Å². The molecule has 6 nitrogen and oxygen atoms in total. The van der Waals surface area contributed by atoms with E-state index in [2.05, 4.69) is 5.32 Å². The third-order valence-corrected chi connectivity index (χ3v) is 3.86. The van der Waals surface area contributed by atoms with Crippen LogP contribution in [0.5, 0.6) is 0 Å². The fourth-order valence-electron chi connectivity index (χ4n) is 2.54. The lowest BCUT2D eigenvalue weighted by atomic mass is 10.1. The molecule has 2 N–H and O–H groups in total. The molecule has 1 aromatic rings. The number of piperidine rings is 1. The summed E-state index contributed by atoms with van der Waals surface area (Å²) in [7, 11) is 0. The number of carbonyl (C=O) groups excluding carboxylic acids is 2. The molecule has 24 heavy (non-hydrogen) atoms. The van der Waals surface area contributed by atoms with Crippen molar-refractivity contribution >= 4 is 12.0 Å². The highest BCUT2D eigenvalue weighted by atomic mass is 19.1. The quantitative estimate of drug-likeness (QED) is 0.826. The van der Waals surface area contributed by atoms with Crippen LogP contribution in [0.2, 0.25) is 0 Å². The summed E-state index contributed by atoms with van der Waals surface area (Å²) in [4.78, 5) is 24.9. The first-order chi connectivity index (χ1) is 11.6. The van der Waals surface area contributed by atoms with Crippen LogP contribution in [0.1, 0.15) is 24.8 Å². The Morgan fingerprint density at radius 3 is 2.83 bits per heavy atom. The molecule has 2 amide bonds. The van der Waals surface area contributed by atoms with E-state index in [4.69, 9.17) is 4.74 Å². The maximum Gasteiger partial charge on any atom is 0.407 e. The number of ether oxygens (including phenoxy) is 1. The number of alkyl halides is 1. The van der Waals surface area contributed by atoms with Crippen molar-refractivity contribution in [1.82, 2.24) is 10.2 Å². The summed E-state index contributed by atoms with van der Waals surface area (Å²) in [5, 5.41) is 12.4. The first-order valence-electron chi connectivity index (χ1n) is 8.11. The van der Waals surface area contributed by atoms with E-state index in [1.165, 1.54) is 4.90 Å². The molecule has 1 aliphatic rings. The molecule has 132 valence electrons. The van der Waals surface area contributed by atoms with E-state index in [0.717, 1.165) is 5.56 Å². The summed E-state index contributed by atoms with van der Waals surface area (Å²) in [6.45, 7) is 0.749. The zero-order valence-electron chi connectivity index (χ0n) is 13.5. The van der Waals surface area contributed by atoms with Crippen LogP contribution in [0.15, 0.2) is 30.3 Å². The normalized spacial score (nSPS) is 18.8.